The van der Waals surface area contributed by atoms with Crippen LogP contribution in [0.3, 0.4) is 0 Å². The summed E-state index contributed by atoms with van der Waals surface area (Å²) in [7, 11) is 0. The number of nitrogens with one attached hydrogen (secondary N) is 1. The molecule has 6 heteroatoms. The zero-order valence-electron chi connectivity index (χ0n) is 9.34. The maximum absolute atomic E-state index is 10.6. The van der Waals surface area contributed by atoms with Crippen molar-refractivity contribution < 1.29 is 9.90 Å². The summed E-state index contributed by atoms with van der Waals surface area (Å²) >= 11 is 9.34. The van der Waals surface area contributed by atoms with E-state index in [1.54, 1.807) is 6.08 Å². The average molecular weight is 310 g/mol. The third kappa shape index (κ3) is 2.92. The second kappa shape index (κ2) is 4.67. The standard InChI is InChI=1S/C10H14BrClN2O2/c1-10(2,3)14-5-4-6(12)7(8(14)11)13-9(15)16/h4,13H,5H2,1-3H3,(H,15,16). The topological polar surface area (TPSA) is 52.6 Å². The Bertz CT molecular complexity index is 372. The molecule has 0 unspecified atom stereocenters. The summed E-state index contributed by atoms with van der Waals surface area (Å²) in [5.74, 6) is 0. The number of halogens is 2. The molecule has 90 valence electrons. The minimum Gasteiger partial charge on any atom is -0.465 e. The van der Waals surface area contributed by atoms with Gasteiger partial charge in [-0.15, -0.1) is 0 Å². The van der Waals surface area contributed by atoms with Crippen LogP contribution in [0.4, 0.5) is 4.79 Å². The van der Waals surface area contributed by atoms with Crippen LogP contribution in [0.1, 0.15) is 20.8 Å². The van der Waals surface area contributed by atoms with Crippen LogP contribution < -0.4 is 5.32 Å². The fraction of sp³-hybridized carbons (Fsp3) is 0.500. The van der Waals surface area contributed by atoms with Crippen LogP contribution in [0.5, 0.6) is 0 Å². The normalized spacial score (nSPS) is 17.3. The van der Waals surface area contributed by atoms with Crippen molar-refractivity contribution in [3.8, 4) is 0 Å². The summed E-state index contributed by atoms with van der Waals surface area (Å²) in [5, 5.41) is 11.4. The number of allylic oxidation sites excluding steroid dienone is 1. The fourth-order valence-electron chi connectivity index (χ4n) is 1.37. The van der Waals surface area contributed by atoms with Gasteiger partial charge in [0, 0.05) is 12.1 Å². The van der Waals surface area contributed by atoms with Gasteiger partial charge in [0.25, 0.3) is 0 Å². The molecular weight excluding hydrogens is 295 g/mol. The molecule has 0 radical (unpaired) electrons. The van der Waals surface area contributed by atoms with Crippen LogP contribution >= 0.6 is 27.5 Å². The van der Waals surface area contributed by atoms with E-state index in [1.807, 2.05) is 25.7 Å². The van der Waals surface area contributed by atoms with Gasteiger partial charge in [0.1, 0.15) is 4.61 Å². The molecule has 1 aliphatic heterocycles. The third-order valence-electron chi connectivity index (χ3n) is 2.18. The molecule has 0 aromatic carbocycles. The Morgan fingerprint density at radius 3 is 2.62 bits per heavy atom. The van der Waals surface area contributed by atoms with Crippen molar-refractivity contribution in [3.63, 3.8) is 0 Å². The molecule has 0 bridgehead atoms. The summed E-state index contributed by atoms with van der Waals surface area (Å²) in [6.07, 6.45) is 0.650. The average Bonchev–Trinajstić information content (AvgIpc) is 2.09. The number of amides is 1. The van der Waals surface area contributed by atoms with Gasteiger partial charge in [0.15, 0.2) is 0 Å². The maximum Gasteiger partial charge on any atom is 0.409 e. The Morgan fingerprint density at radius 2 is 2.19 bits per heavy atom. The quantitative estimate of drug-likeness (QED) is 0.732. The van der Waals surface area contributed by atoms with Gasteiger partial charge in [0.05, 0.1) is 10.7 Å². The van der Waals surface area contributed by atoms with Crippen molar-refractivity contribution in [2.24, 2.45) is 0 Å². The molecule has 0 spiro atoms. The number of carbonyl (C=O) groups is 1. The summed E-state index contributed by atoms with van der Waals surface area (Å²) in [5.41, 5.74) is 0.272. The van der Waals surface area contributed by atoms with Crippen molar-refractivity contribution in [2.75, 3.05) is 6.54 Å². The van der Waals surface area contributed by atoms with E-state index >= 15 is 0 Å². The van der Waals surface area contributed by atoms with E-state index < -0.39 is 6.09 Å². The second-order valence-corrected chi connectivity index (χ2v) is 5.59. The molecule has 1 heterocycles. The molecule has 4 nitrogen and oxygen atoms in total. The van der Waals surface area contributed by atoms with Gasteiger partial charge in [-0.25, -0.2) is 4.79 Å². The van der Waals surface area contributed by atoms with Gasteiger partial charge in [-0.05, 0) is 42.8 Å². The van der Waals surface area contributed by atoms with E-state index in [0.717, 1.165) is 0 Å². The lowest BCUT2D eigenvalue weighted by atomic mass is 10.1. The Balaban J connectivity index is 3.07. The van der Waals surface area contributed by atoms with Gasteiger partial charge in [0.2, 0.25) is 0 Å². The largest absolute Gasteiger partial charge is 0.465 e. The molecule has 1 aliphatic rings. The highest BCUT2D eigenvalue weighted by Crippen LogP contribution is 2.32. The number of hydrogen-bond donors (Lipinski definition) is 2. The molecule has 0 saturated heterocycles. The lowest BCUT2D eigenvalue weighted by Crippen LogP contribution is -2.42. The van der Waals surface area contributed by atoms with Gasteiger partial charge in [-0.2, -0.15) is 0 Å². The van der Waals surface area contributed by atoms with Gasteiger partial charge >= 0.3 is 6.09 Å². The summed E-state index contributed by atoms with van der Waals surface area (Å²) in [6.45, 7) is 6.77. The zero-order valence-corrected chi connectivity index (χ0v) is 11.7. The monoisotopic (exact) mass is 308 g/mol. The molecule has 0 aromatic rings. The van der Waals surface area contributed by atoms with E-state index in [0.29, 0.717) is 21.9 Å². The van der Waals surface area contributed by atoms with E-state index in [-0.39, 0.29) is 5.54 Å². The van der Waals surface area contributed by atoms with Gasteiger partial charge < -0.3 is 10.0 Å². The highest BCUT2D eigenvalue weighted by Gasteiger charge is 2.28. The second-order valence-electron chi connectivity index (χ2n) is 4.43. The predicted octanol–water partition coefficient (Wildman–Crippen LogP) is 3.05. The molecule has 2 N–H and O–H groups in total. The van der Waals surface area contributed by atoms with Crippen LogP contribution in [-0.4, -0.2) is 28.2 Å². The molecule has 1 amide bonds. The van der Waals surface area contributed by atoms with Gasteiger partial charge in [-0.3, -0.25) is 5.32 Å². The summed E-state index contributed by atoms with van der Waals surface area (Å²) in [6, 6.07) is 0. The van der Waals surface area contributed by atoms with Crippen LogP contribution in [0.25, 0.3) is 0 Å². The van der Waals surface area contributed by atoms with Crippen LogP contribution in [0, 0.1) is 0 Å². The molecule has 0 saturated carbocycles. The first-order valence-corrected chi connectivity index (χ1v) is 5.94. The smallest absolute Gasteiger partial charge is 0.409 e. The van der Waals surface area contributed by atoms with Crippen LogP contribution in [0.2, 0.25) is 0 Å². The molecule has 0 aromatic heterocycles. The Labute approximate surface area is 108 Å². The zero-order chi connectivity index (χ0) is 12.5. The highest BCUT2D eigenvalue weighted by molar-refractivity contribution is 9.11. The first kappa shape index (κ1) is 13.4. The summed E-state index contributed by atoms with van der Waals surface area (Å²) < 4.78 is 0.662. The van der Waals surface area contributed by atoms with E-state index in [4.69, 9.17) is 16.7 Å². The first-order valence-electron chi connectivity index (χ1n) is 4.77. The molecule has 0 fully saturated rings. The van der Waals surface area contributed by atoms with Crippen molar-refractivity contribution >= 4 is 33.6 Å². The van der Waals surface area contributed by atoms with Crippen molar-refractivity contribution in [3.05, 3.63) is 21.4 Å². The minimum atomic E-state index is -1.13. The summed E-state index contributed by atoms with van der Waals surface area (Å²) in [4.78, 5) is 12.7. The van der Waals surface area contributed by atoms with E-state index in [1.165, 1.54) is 0 Å². The van der Waals surface area contributed by atoms with Crippen molar-refractivity contribution in [2.45, 2.75) is 26.3 Å². The Morgan fingerprint density at radius 1 is 1.62 bits per heavy atom. The van der Waals surface area contributed by atoms with Gasteiger partial charge in [-0.1, -0.05) is 11.6 Å². The minimum absolute atomic E-state index is 0.113. The lowest BCUT2D eigenvalue weighted by Gasteiger charge is -2.39. The molecule has 0 atom stereocenters. The third-order valence-corrected chi connectivity index (χ3v) is 3.34. The lowest BCUT2D eigenvalue weighted by molar-refractivity contribution is 0.194. The molecular formula is C10H14BrClN2O2. The van der Waals surface area contributed by atoms with E-state index in [2.05, 4.69) is 21.2 Å². The van der Waals surface area contributed by atoms with Crippen LogP contribution in [-0.2, 0) is 0 Å². The maximum atomic E-state index is 10.6. The predicted molar refractivity (Wildman–Crippen MR) is 67.5 cm³/mol. The Hall–Kier alpha value is -0.680. The number of nitrogens with zero attached hydrogens (tertiary/aromatic N) is 1. The first-order chi connectivity index (χ1) is 7.23. The highest BCUT2D eigenvalue weighted by atomic mass is 79.9. The van der Waals surface area contributed by atoms with Crippen LogP contribution in [0.15, 0.2) is 21.4 Å². The molecule has 0 aliphatic carbocycles. The fourth-order valence-corrected chi connectivity index (χ4v) is 2.68. The number of hydrogen-bond acceptors (Lipinski definition) is 2. The molecule has 16 heavy (non-hydrogen) atoms. The van der Waals surface area contributed by atoms with Crippen molar-refractivity contribution in [1.29, 1.82) is 0 Å². The van der Waals surface area contributed by atoms with E-state index in [9.17, 15) is 4.79 Å². The Kier molecular flexibility index (Phi) is 3.91. The SMILES string of the molecule is CC(C)(C)N1CC=C(Cl)C(NC(=O)O)=C1Br. The number of rotatable bonds is 1. The number of carboxylic acid groups (broad SMARTS) is 1. The molecule has 1 rings (SSSR count). The van der Waals surface area contributed by atoms with Crippen molar-refractivity contribution in [1.82, 2.24) is 10.2 Å².